The summed E-state index contributed by atoms with van der Waals surface area (Å²) in [4.78, 5) is 5.12. The zero-order valence-electron chi connectivity index (χ0n) is 11.5. The first-order valence-electron chi connectivity index (χ1n) is 6.94. The highest BCUT2D eigenvalue weighted by molar-refractivity contribution is 9.10. The maximum absolute atomic E-state index is 5.85. The van der Waals surface area contributed by atoms with Crippen molar-refractivity contribution in [3.63, 3.8) is 0 Å². The Bertz CT molecular complexity index is 700. The van der Waals surface area contributed by atoms with Crippen LogP contribution in [0.4, 0.5) is 5.82 Å². The summed E-state index contributed by atoms with van der Waals surface area (Å²) in [5.41, 5.74) is 10.3. The van der Waals surface area contributed by atoms with Gasteiger partial charge in [0.15, 0.2) is 0 Å². The SMILES string of the molecule is NC(=S)c1cc2c(nc1NCc1cccc(Br)c1)CCC2. The Labute approximate surface area is 138 Å². The molecule has 0 unspecified atom stereocenters. The average Bonchev–Trinajstić information content (AvgIpc) is 2.91. The van der Waals surface area contributed by atoms with Crippen molar-refractivity contribution in [1.82, 2.24) is 4.98 Å². The molecule has 1 aromatic heterocycles. The number of nitrogens with two attached hydrogens (primary N) is 1. The molecule has 0 aliphatic heterocycles. The molecule has 2 aromatic rings. The fraction of sp³-hybridized carbons (Fsp3) is 0.250. The molecule has 3 nitrogen and oxygen atoms in total. The molecule has 0 saturated carbocycles. The lowest BCUT2D eigenvalue weighted by Gasteiger charge is -2.13. The van der Waals surface area contributed by atoms with Crippen LogP contribution < -0.4 is 11.1 Å². The third-order valence-electron chi connectivity index (χ3n) is 3.67. The predicted octanol–water partition coefficient (Wildman–Crippen LogP) is 3.58. The zero-order chi connectivity index (χ0) is 14.8. The van der Waals surface area contributed by atoms with Crippen LogP contribution in [0.3, 0.4) is 0 Å². The minimum atomic E-state index is 0.397. The van der Waals surface area contributed by atoms with Gasteiger partial charge < -0.3 is 11.1 Å². The molecule has 108 valence electrons. The molecule has 5 heteroatoms. The summed E-state index contributed by atoms with van der Waals surface area (Å²) in [5.74, 6) is 0.795. The van der Waals surface area contributed by atoms with Crippen LogP contribution in [-0.4, -0.2) is 9.97 Å². The number of nitrogens with one attached hydrogen (secondary N) is 1. The lowest BCUT2D eigenvalue weighted by molar-refractivity contribution is 0.899. The summed E-state index contributed by atoms with van der Waals surface area (Å²) in [6.45, 7) is 0.695. The number of hydrogen-bond donors (Lipinski definition) is 2. The van der Waals surface area contributed by atoms with Gasteiger partial charge in [-0.1, -0.05) is 40.3 Å². The molecule has 0 atom stereocenters. The van der Waals surface area contributed by atoms with Gasteiger partial charge >= 0.3 is 0 Å². The van der Waals surface area contributed by atoms with Crippen molar-refractivity contribution in [3.8, 4) is 0 Å². The molecular formula is C16H16BrN3S. The van der Waals surface area contributed by atoms with E-state index in [1.54, 1.807) is 0 Å². The minimum absolute atomic E-state index is 0.397. The number of halogens is 1. The molecule has 0 fully saturated rings. The van der Waals surface area contributed by atoms with Crippen LogP contribution in [0, 0.1) is 0 Å². The number of aromatic nitrogens is 1. The molecular weight excluding hydrogens is 346 g/mol. The number of rotatable bonds is 4. The molecule has 0 radical (unpaired) electrons. The fourth-order valence-electron chi connectivity index (χ4n) is 2.63. The van der Waals surface area contributed by atoms with Gasteiger partial charge in [0.2, 0.25) is 0 Å². The second kappa shape index (κ2) is 6.12. The van der Waals surface area contributed by atoms with Crippen molar-refractivity contribution >= 4 is 39.0 Å². The van der Waals surface area contributed by atoms with Gasteiger partial charge in [-0.15, -0.1) is 0 Å². The molecule has 0 bridgehead atoms. The summed E-state index contributed by atoms with van der Waals surface area (Å²) < 4.78 is 1.07. The number of anilines is 1. The normalized spacial score (nSPS) is 13.0. The highest BCUT2D eigenvalue weighted by Crippen LogP contribution is 2.25. The van der Waals surface area contributed by atoms with Gasteiger partial charge in [0.05, 0.1) is 5.56 Å². The van der Waals surface area contributed by atoms with Crippen LogP contribution in [0.5, 0.6) is 0 Å². The van der Waals surface area contributed by atoms with Gasteiger partial charge in [0.25, 0.3) is 0 Å². The monoisotopic (exact) mass is 361 g/mol. The van der Waals surface area contributed by atoms with Crippen LogP contribution in [-0.2, 0) is 19.4 Å². The first-order valence-corrected chi connectivity index (χ1v) is 8.14. The molecule has 1 aliphatic rings. The van der Waals surface area contributed by atoms with Crippen molar-refractivity contribution in [2.24, 2.45) is 5.73 Å². The number of nitrogens with zero attached hydrogens (tertiary/aromatic N) is 1. The number of pyridine rings is 1. The lowest BCUT2D eigenvalue weighted by Crippen LogP contribution is -2.15. The van der Waals surface area contributed by atoms with Crippen LogP contribution in [0.25, 0.3) is 0 Å². The van der Waals surface area contributed by atoms with Crippen LogP contribution in [0.1, 0.15) is 28.8 Å². The number of fused-ring (bicyclic) bond motifs is 1. The Morgan fingerprint density at radius 2 is 2.19 bits per heavy atom. The molecule has 3 N–H and O–H groups in total. The standard InChI is InChI=1S/C16H16BrN3S/c17-12-5-1-3-10(7-12)9-19-16-13(15(18)21)8-11-4-2-6-14(11)20-16/h1,3,5,7-8H,2,4,6,9H2,(H2,18,21)(H,19,20). The molecule has 0 saturated heterocycles. The quantitative estimate of drug-likeness (QED) is 0.817. The van der Waals surface area contributed by atoms with Crippen LogP contribution in [0.2, 0.25) is 0 Å². The van der Waals surface area contributed by atoms with Crippen molar-refractivity contribution in [2.45, 2.75) is 25.8 Å². The maximum atomic E-state index is 5.85. The summed E-state index contributed by atoms with van der Waals surface area (Å²) in [6, 6.07) is 10.3. The van der Waals surface area contributed by atoms with E-state index < -0.39 is 0 Å². The summed E-state index contributed by atoms with van der Waals surface area (Å²) >= 11 is 8.65. The van der Waals surface area contributed by atoms with Gasteiger partial charge in [-0.25, -0.2) is 4.98 Å². The number of thiocarbonyl (C=S) groups is 1. The first-order chi connectivity index (χ1) is 10.1. The van der Waals surface area contributed by atoms with Crippen molar-refractivity contribution in [1.29, 1.82) is 0 Å². The molecule has 1 aromatic carbocycles. The van der Waals surface area contributed by atoms with Crippen molar-refractivity contribution in [3.05, 3.63) is 57.2 Å². The van der Waals surface area contributed by atoms with Crippen molar-refractivity contribution in [2.75, 3.05) is 5.32 Å². The van der Waals surface area contributed by atoms with Gasteiger partial charge in [-0.05, 0) is 48.6 Å². The number of aryl methyl sites for hydroxylation is 2. The topological polar surface area (TPSA) is 50.9 Å². The van der Waals surface area contributed by atoms with E-state index in [1.165, 1.54) is 16.8 Å². The minimum Gasteiger partial charge on any atom is -0.389 e. The fourth-order valence-corrected chi connectivity index (χ4v) is 3.23. The van der Waals surface area contributed by atoms with Crippen LogP contribution >= 0.6 is 28.1 Å². The van der Waals surface area contributed by atoms with Crippen molar-refractivity contribution < 1.29 is 0 Å². The molecule has 3 rings (SSSR count). The number of benzene rings is 1. The van der Waals surface area contributed by atoms with Gasteiger partial charge in [0, 0.05) is 16.7 Å². The van der Waals surface area contributed by atoms with E-state index in [0.29, 0.717) is 11.5 Å². The lowest BCUT2D eigenvalue weighted by atomic mass is 10.1. The van der Waals surface area contributed by atoms with Crippen LogP contribution in [0.15, 0.2) is 34.8 Å². The zero-order valence-corrected chi connectivity index (χ0v) is 13.9. The Morgan fingerprint density at radius 1 is 1.33 bits per heavy atom. The Balaban J connectivity index is 1.86. The van der Waals surface area contributed by atoms with E-state index in [-0.39, 0.29) is 0 Å². The van der Waals surface area contributed by atoms with Gasteiger partial charge in [-0.2, -0.15) is 0 Å². The van der Waals surface area contributed by atoms with E-state index in [2.05, 4.69) is 39.4 Å². The molecule has 0 amide bonds. The van der Waals surface area contributed by atoms with E-state index in [1.807, 2.05) is 12.1 Å². The van der Waals surface area contributed by atoms with E-state index >= 15 is 0 Å². The largest absolute Gasteiger partial charge is 0.389 e. The Hall–Kier alpha value is -1.46. The molecule has 21 heavy (non-hydrogen) atoms. The third kappa shape index (κ3) is 3.24. The van der Waals surface area contributed by atoms with Gasteiger partial charge in [0.1, 0.15) is 10.8 Å². The highest BCUT2D eigenvalue weighted by Gasteiger charge is 2.17. The second-order valence-corrected chi connectivity index (χ2v) is 6.55. The third-order valence-corrected chi connectivity index (χ3v) is 4.38. The summed E-state index contributed by atoms with van der Waals surface area (Å²) in [6.07, 6.45) is 3.27. The van der Waals surface area contributed by atoms with Gasteiger partial charge in [-0.3, -0.25) is 0 Å². The Kier molecular flexibility index (Phi) is 4.22. The first kappa shape index (κ1) is 14.5. The molecule has 1 aliphatic carbocycles. The Morgan fingerprint density at radius 3 is 2.95 bits per heavy atom. The highest BCUT2D eigenvalue weighted by atomic mass is 79.9. The summed E-state index contributed by atoms with van der Waals surface area (Å²) in [5, 5.41) is 3.37. The molecule has 0 spiro atoms. The second-order valence-electron chi connectivity index (χ2n) is 5.19. The van der Waals surface area contributed by atoms with E-state index in [4.69, 9.17) is 22.9 Å². The molecule has 1 heterocycles. The average molecular weight is 362 g/mol. The summed E-state index contributed by atoms with van der Waals surface area (Å²) in [7, 11) is 0. The van der Waals surface area contributed by atoms with E-state index in [9.17, 15) is 0 Å². The number of hydrogen-bond acceptors (Lipinski definition) is 3. The smallest absolute Gasteiger partial charge is 0.136 e. The predicted molar refractivity (Wildman–Crippen MR) is 93.6 cm³/mol. The van der Waals surface area contributed by atoms with E-state index in [0.717, 1.165) is 35.1 Å². The maximum Gasteiger partial charge on any atom is 0.136 e.